The Morgan fingerprint density at radius 1 is 1.53 bits per heavy atom. The number of rotatable bonds is 6. The van der Waals surface area contributed by atoms with Gasteiger partial charge < -0.3 is 5.21 Å². The molecule has 0 unspecified atom stereocenters. The van der Waals surface area contributed by atoms with Crippen molar-refractivity contribution in [1.82, 2.24) is 4.98 Å². The summed E-state index contributed by atoms with van der Waals surface area (Å²) in [4.78, 5) is 5.13. The minimum Gasteiger partial charge on any atom is -0.624 e. The first-order valence-corrected chi connectivity index (χ1v) is 7.62. The highest BCUT2D eigenvalue weighted by Crippen LogP contribution is 2.26. The largest absolute Gasteiger partial charge is 0.624 e. The Kier molecular flexibility index (Phi) is 6.44. The van der Waals surface area contributed by atoms with Crippen LogP contribution >= 0.6 is 23.1 Å². The average Bonchev–Trinajstić information content (AvgIpc) is 2.65. The number of hydrogen-bond donors (Lipinski definition) is 0. The van der Waals surface area contributed by atoms with Gasteiger partial charge >= 0.3 is 0 Å². The van der Waals surface area contributed by atoms with E-state index in [2.05, 4.69) is 4.98 Å². The number of thioether (sulfide) groups is 1. The Morgan fingerprint density at radius 2 is 2.21 bits per heavy atom. The molecule has 0 aromatic carbocycles. The Hall–Kier alpha value is -0.950. The highest BCUT2D eigenvalue weighted by atomic mass is 32.2. The minimum absolute atomic E-state index is 0.115. The van der Waals surface area contributed by atoms with Crippen molar-refractivity contribution in [2.45, 2.75) is 37.6 Å². The molecule has 1 heterocycles. The van der Waals surface area contributed by atoms with Crippen LogP contribution in [0.4, 0.5) is 8.78 Å². The van der Waals surface area contributed by atoms with E-state index in [1.54, 1.807) is 0 Å². The number of allylic oxidation sites excluding steroid dienone is 1. The van der Waals surface area contributed by atoms with Crippen molar-refractivity contribution < 1.29 is 13.5 Å². The van der Waals surface area contributed by atoms with E-state index in [4.69, 9.17) is 0 Å². The zero-order chi connectivity index (χ0) is 14.4. The number of hydrogen-bond acceptors (Lipinski definition) is 4. The number of aromatic nitrogens is 1. The summed E-state index contributed by atoms with van der Waals surface area (Å²) < 4.78 is 25.4. The van der Waals surface area contributed by atoms with Gasteiger partial charge in [-0.25, -0.2) is 9.72 Å². The molecule has 106 valence electrons. The molecular weight excluding hydrogens is 290 g/mol. The van der Waals surface area contributed by atoms with Crippen LogP contribution in [-0.4, -0.2) is 27.7 Å². The van der Waals surface area contributed by atoms with E-state index in [-0.39, 0.29) is 6.04 Å². The van der Waals surface area contributed by atoms with E-state index in [9.17, 15) is 14.0 Å². The molecule has 1 aromatic rings. The fraction of sp³-hybridized carbons (Fsp3) is 0.500. The molecule has 0 fully saturated rings. The van der Waals surface area contributed by atoms with E-state index in [1.165, 1.54) is 29.3 Å². The molecule has 0 atom stereocenters. The summed E-state index contributed by atoms with van der Waals surface area (Å²) >= 11 is 2.83. The molecule has 19 heavy (non-hydrogen) atoms. The summed E-state index contributed by atoms with van der Waals surface area (Å²) in [6.07, 6.45) is 1.09. The van der Waals surface area contributed by atoms with Crippen LogP contribution < -0.4 is 0 Å². The van der Waals surface area contributed by atoms with Crippen LogP contribution in [0.2, 0.25) is 0 Å². The van der Waals surface area contributed by atoms with Gasteiger partial charge in [-0.2, -0.15) is 8.78 Å². The lowest BCUT2D eigenvalue weighted by atomic mass is 10.4. The summed E-state index contributed by atoms with van der Waals surface area (Å²) in [6.45, 7) is 5.46. The van der Waals surface area contributed by atoms with E-state index in [0.29, 0.717) is 12.2 Å². The van der Waals surface area contributed by atoms with Crippen LogP contribution in [0, 0.1) is 12.1 Å². The molecule has 0 aliphatic carbocycles. The summed E-state index contributed by atoms with van der Waals surface area (Å²) in [6, 6.07) is -0.115. The van der Waals surface area contributed by atoms with Crippen LogP contribution in [0.5, 0.6) is 0 Å². The average molecular weight is 306 g/mol. The topological polar surface area (TPSA) is 39.0 Å². The summed E-state index contributed by atoms with van der Waals surface area (Å²) in [5, 5.41) is 11.6. The molecule has 1 aromatic heterocycles. The lowest BCUT2D eigenvalue weighted by Gasteiger charge is -2.05. The molecule has 7 heteroatoms. The van der Waals surface area contributed by atoms with Crippen LogP contribution in [0.25, 0.3) is 0 Å². The normalized spacial score (nSPS) is 12.0. The van der Waals surface area contributed by atoms with Crippen molar-refractivity contribution in [3.63, 3.8) is 0 Å². The molecule has 0 saturated carbocycles. The highest BCUT2D eigenvalue weighted by Gasteiger charge is 2.10. The third kappa shape index (κ3) is 5.69. The molecule has 3 nitrogen and oxygen atoms in total. The lowest BCUT2D eigenvalue weighted by Crippen LogP contribution is -2.14. The van der Waals surface area contributed by atoms with E-state index >= 15 is 0 Å². The second kappa shape index (κ2) is 7.59. The van der Waals surface area contributed by atoms with Crippen molar-refractivity contribution in [2.75, 3.05) is 5.75 Å². The minimum atomic E-state index is -1.65. The van der Waals surface area contributed by atoms with Gasteiger partial charge in [0, 0.05) is 5.75 Å². The molecule has 0 bridgehead atoms. The quantitative estimate of drug-likeness (QED) is 0.199. The van der Waals surface area contributed by atoms with Crippen molar-refractivity contribution in [2.24, 2.45) is 0 Å². The summed E-state index contributed by atoms with van der Waals surface area (Å²) in [5.74, 6) is 0.551. The maximum atomic E-state index is 11.8. The monoisotopic (exact) mass is 306 g/mol. The predicted molar refractivity (Wildman–Crippen MR) is 76.4 cm³/mol. The molecule has 0 radical (unpaired) electrons. The Balaban J connectivity index is 2.64. The fourth-order valence-corrected chi connectivity index (χ4v) is 3.23. The Bertz CT molecular complexity index is 480. The molecule has 0 saturated heterocycles. The van der Waals surface area contributed by atoms with Gasteiger partial charge in [0.2, 0.25) is 0 Å². The van der Waals surface area contributed by atoms with Crippen LogP contribution in [0.15, 0.2) is 16.5 Å². The molecule has 0 aliphatic rings. The molecule has 0 aliphatic heterocycles. The third-order valence-electron chi connectivity index (χ3n) is 2.21. The zero-order valence-electron chi connectivity index (χ0n) is 11.0. The number of nitrogens with zero attached hydrogens (tertiary/aromatic N) is 2. The second-order valence-electron chi connectivity index (χ2n) is 4.14. The van der Waals surface area contributed by atoms with Crippen LogP contribution in [0.1, 0.15) is 30.8 Å². The summed E-state index contributed by atoms with van der Waals surface area (Å²) in [7, 11) is 0. The van der Waals surface area contributed by atoms with Gasteiger partial charge in [-0.15, -0.1) is 11.3 Å². The van der Waals surface area contributed by atoms with Gasteiger partial charge in [0.05, 0.1) is 5.69 Å². The van der Waals surface area contributed by atoms with Gasteiger partial charge in [-0.1, -0.05) is 11.8 Å². The lowest BCUT2D eigenvalue weighted by molar-refractivity contribution is -0.486. The van der Waals surface area contributed by atoms with Gasteiger partial charge in [0.1, 0.15) is 4.88 Å². The Morgan fingerprint density at radius 3 is 2.79 bits per heavy atom. The van der Waals surface area contributed by atoms with Crippen LogP contribution in [-0.2, 0) is 0 Å². The first-order chi connectivity index (χ1) is 8.90. The molecule has 1 rings (SSSR count). The highest BCUT2D eigenvalue weighted by molar-refractivity contribution is 8.01. The van der Waals surface area contributed by atoms with Gasteiger partial charge in [-0.3, -0.25) is 0 Å². The van der Waals surface area contributed by atoms with Gasteiger partial charge in [0.15, 0.2) is 16.6 Å². The number of halogens is 2. The van der Waals surface area contributed by atoms with E-state index < -0.39 is 6.08 Å². The molecule has 0 spiro atoms. The van der Waals surface area contributed by atoms with E-state index in [1.807, 2.05) is 20.8 Å². The van der Waals surface area contributed by atoms with E-state index in [0.717, 1.165) is 25.7 Å². The summed E-state index contributed by atoms with van der Waals surface area (Å²) in [5.41, 5.74) is 0.793. The first kappa shape index (κ1) is 16.1. The number of hydroxylamine groups is 1. The number of thiazole rings is 1. The molecule has 0 N–H and O–H groups in total. The fourth-order valence-electron chi connectivity index (χ4n) is 1.14. The molecule has 0 amide bonds. The predicted octanol–water partition coefficient (Wildman–Crippen LogP) is 4.05. The second-order valence-corrected chi connectivity index (χ2v) is 6.52. The smallest absolute Gasteiger partial charge is 0.266 e. The third-order valence-corrected chi connectivity index (χ3v) is 4.48. The van der Waals surface area contributed by atoms with Crippen molar-refractivity contribution in [3.8, 4) is 0 Å². The van der Waals surface area contributed by atoms with Crippen molar-refractivity contribution >= 4 is 29.3 Å². The number of aryl methyl sites for hydroxylation is 1. The standard InChI is InChI=1S/C12H16F2N2OS2/c1-8(2)16(17)7-10-9(3)15-12(19-10)18-6-4-5-11(13)14/h5,7-8H,4,6H2,1-3H3/b16-7-. The first-order valence-electron chi connectivity index (χ1n) is 5.82. The van der Waals surface area contributed by atoms with Crippen molar-refractivity contribution in [1.29, 1.82) is 0 Å². The maximum Gasteiger partial charge on any atom is 0.266 e. The van der Waals surface area contributed by atoms with Gasteiger partial charge in [-0.05, 0) is 33.3 Å². The van der Waals surface area contributed by atoms with Crippen LogP contribution in [0.3, 0.4) is 0 Å². The maximum absolute atomic E-state index is 11.8. The zero-order valence-corrected chi connectivity index (χ0v) is 12.7. The molecular formula is C12H16F2N2OS2. The SMILES string of the molecule is Cc1nc(SCCC=C(F)F)sc1/C=[N+](\[O-])C(C)C. The van der Waals surface area contributed by atoms with Gasteiger partial charge in [0.25, 0.3) is 6.08 Å². The van der Waals surface area contributed by atoms with Crippen molar-refractivity contribution in [3.05, 3.63) is 27.9 Å². The Labute approximate surface area is 119 Å².